The number of aliphatic imine (C=N–C) groups is 2. The molecule has 0 spiro atoms. The van der Waals surface area contributed by atoms with Gasteiger partial charge in [0.15, 0.2) is 0 Å². The van der Waals surface area contributed by atoms with E-state index in [0.29, 0.717) is 0 Å². The second kappa shape index (κ2) is 10.8. The Morgan fingerprint density at radius 3 is 2.32 bits per heavy atom. The first-order chi connectivity index (χ1) is 11.9. The number of rotatable bonds is 8. The summed E-state index contributed by atoms with van der Waals surface area (Å²) in [4.78, 5) is 9.35. The molecule has 1 aromatic carbocycles. The lowest BCUT2D eigenvalue weighted by Gasteiger charge is -2.11. The van der Waals surface area contributed by atoms with Crippen molar-refractivity contribution in [3.63, 3.8) is 0 Å². The molecule has 0 radical (unpaired) electrons. The van der Waals surface area contributed by atoms with Crippen molar-refractivity contribution < 1.29 is 0 Å². The maximum atomic E-state index is 6.04. The van der Waals surface area contributed by atoms with Crippen molar-refractivity contribution in [2.75, 3.05) is 7.05 Å². The Balaban J connectivity index is 3.37. The van der Waals surface area contributed by atoms with Gasteiger partial charge in [0.05, 0.1) is 11.4 Å². The second-order valence-corrected chi connectivity index (χ2v) is 6.69. The van der Waals surface area contributed by atoms with E-state index in [1.54, 1.807) is 0 Å². The standard InChI is InChI=1S/C22H29ClN2/c1-7-9-17(4)25-22(19-12-14-20(23)15-13-19)18(5)21(24-6)11-8-10-16(2)3/h8,11-15H,2,7,9-10H2,1,3-6H3/b11-8-,22-18+,24-21+,25-17-. The van der Waals surface area contributed by atoms with Crippen molar-refractivity contribution in [1.29, 1.82) is 0 Å². The largest absolute Gasteiger partial charge is 0.288 e. The Hall–Kier alpha value is -1.93. The summed E-state index contributed by atoms with van der Waals surface area (Å²) < 4.78 is 0. The molecule has 0 N–H and O–H groups in total. The molecular weight excluding hydrogens is 328 g/mol. The number of benzene rings is 1. The van der Waals surface area contributed by atoms with Gasteiger partial charge in [-0.1, -0.05) is 55.3 Å². The third kappa shape index (κ3) is 7.23. The predicted molar refractivity (Wildman–Crippen MR) is 114 cm³/mol. The topological polar surface area (TPSA) is 24.7 Å². The molecule has 0 fully saturated rings. The third-order valence-electron chi connectivity index (χ3n) is 3.75. The Bertz CT molecular complexity index is 704. The van der Waals surface area contributed by atoms with Crippen LogP contribution in [0.15, 0.2) is 64.1 Å². The monoisotopic (exact) mass is 356 g/mol. The van der Waals surface area contributed by atoms with Crippen molar-refractivity contribution >= 4 is 28.7 Å². The van der Waals surface area contributed by atoms with Crippen LogP contribution in [0.4, 0.5) is 0 Å². The lowest BCUT2D eigenvalue weighted by molar-refractivity contribution is 0.988. The highest BCUT2D eigenvalue weighted by Gasteiger charge is 2.09. The third-order valence-corrected chi connectivity index (χ3v) is 4.01. The fraction of sp³-hybridized carbons (Fsp3) is 0.364. The highest BCUT2D eigenvalue weighted by molar-refractivity contribution is 6.30. The quantitative estimate of drug-likeness (QED) is 0.356. The van der Waals surface area contributed by atoms with Crippen LogP contribution in [0.3, 0.4) is 0 Å². The molecule has 0 atom stereocenters. The molecule has 0 aromatic heterocycles. The molecular formula is C22H29ClN2. The molecule has 0 saturated carbocycles. The molecule has 1 rings (SSSR count). The van der Waals surface area contributed by atoms with Crippen LogP contribution < -0.4 is 0 Å². The highest BCUT2D eigenvalue weighted by atomic mass is 35.5. The highest BCUT2D eigenvalue weighted by Crippen LogP contribution is 2.24. The van der Waals surface area contributed by atoms with Crippen LogP contribution >= 0.6 is 11.6 Å². The number of allylic oxidation sites excluding steroid dienone is 4. The van der Waals surface area contributed by atoms with E-state index in [2.05, 4.69) is 38.4 Å². The SMILES string of the molecule is C=C(C)C\C=C/C(=N\C)C(/C)=C(/N=C(/C)CCC)c1ccc(Cl)cc1. The molecule has 25 heavy (non-hydrogen) atoms. The van der Waals surface area contributed by atoms with E-state index < -0.39 is 0 Å². The van der Waals surface area contributed by atoms with E-state index in [4.69, 9.17) is 16.6 Å². The lowest BCUT2D eigenvalue weighted by atomic mass is 10.0. The van der Waals surface area contributed by atoms with Gasteiger partial charge < -0.3 is 0 Å². The van der Waals surface area contributed by atoms with Gasteiger partial charge in [0.25, 0.3) is 0 Å². The minimum absolute atomic E-state index is 0.723. The average molecular weight is 357 g/mol. The first-order valence-electron chi connectivity index (χ1n) is 8.68. The molecule has 0 bridgehead atoms. The Labute approximate surface area is 157 Å². The molecule has 0 aliphatic heterocycles. The molecule has 0 amide bonds. The van der Waals surface area contributed by atoms with Crippen molar-refractivity contribution in [2.24, 2.45) is 9.98 Å². The van der Waals surface area contributed by atoms with E-state index in [-0.39, 0.29) is 0 Å². The second-order valence-electron chi connectivity index (χ2n) is 6.25. The summed E-state index contributed by atoms with van der Waals surface area (Å²) in [7, 11) is 1.81. The van der Waals surface area contributed by atoms with Crippen molar-refractivity contribution in [3.05, 3.63) is 64.7 Å². The maximum Gasteiger partial charge on any atom is 0.0751 e. The van der Waals surface area contributed by atoms with Crippen molar-refractivity contribution in [3.8, 4) is 0 Å². The van der Waals surface area contributed by atoms with Crippen molar-refractivity contribution in [2.45, 2.75) is 47.0 Å². The van der Waals surface area contributed by atoms with Crippen LogP contribution in [0.1, 0.15) is 52.5 Å². The smallest absolute Gasteiger partial charge is 0.0751 e. The van der Waals surface area contributed by atoms with Gasteiger partial charge in [-0.05, 0) is 51.8 Å². The molecule has 0 heterocycles. The van der Waals surface area contributed by atoms with E-state index in [1.165, 1.54) is 0 Å². The lowest BCUT2D eigenvalue weighted by Crippen LogP contribution is -2.02. The Kier molecular flexibility index (Phi) is 9.15. The zero-order valence-electron chi connectivity index (χ0n) is 16.1. The van der Waals surface area contributed by atoms with Crippen LogP contribution in [-0.4, -0.2) is 18.5 Å². The molecule has 3 heteroatoms. The summed E-state index contributed by atoms with van der Waals surface area (Å²) >= 11 is 6.04. The van der Waals surface area contributed by atoms with E-state index in [9.17, 15) is 0 Å². The first kappa shape index (κ1) is 21.1. The van der Waals surface area contributed by atoms with Crippen LogP contribution in [0.2, 0.25) is 5.02 Å². The average Bonchev–Trinajstić information content (AvgIpc) is 2.57. The molecule has 134 valence electrons. The Morgan fingerprint density at radius 1 is 1.16 bits per heavy atom. The normalized spacial score (nSPS) is 14.0. The molecule has 0 unspecified atom stereocenters. The first-order valence-corrected chi connectivity index (χ1v) is 9.05. The summed E-state index contributed by atoms with van der Waals surface area (Å²) in [6, 6.07) is 7.81. The van der Waals surface area contributed by atoms with Crippen LogP contribution in [0.25, 0.3) is 5.70 Å². The van der Waals surface area contributed by atoms with E-state index >= 15 is 0 Å². The van der Waals surface area contributed by atoms with Gasteiger partial charge in [-0.2, -0.15) is 0 Å². The van der Waals surface area contributed by atoms with E-state index in [0.717, 1.165) is 58.1 Å². The van der Waals surface area contributed by atoms with Gasteiger partial charge in [-0.25, -0.2) is 0 Å². The van der Waals surface area contributed by atoms with Crippen LogP contribution in [0.5, 0.6) is 0 Å². The minimum Gasteiger partial charge on any atom is -0.288 e. The summed E-state index contributed by atoms with van der Waals surface area (Å²) in [6.07, 6.45) is 7.05. The number of hydrogen-bond donors (Lipinski definition) is 0. The molecule has 0 aliphatic rings. The zero-order valence-corrected chi connectivity index (χ0v) is 16.8. The van der Waals surface area contributed by atoms with Gasteiger partial charge in [0.1, 0.15) is 0 Å². The zero-order chi connectivity index (χ0) is 18.8. The van der Waals surface area contributed by atoms with Gasteiger partial charge in [-0.15, -0.1) is 0 Å². The fourth-order valence-electron chi connectivity index (χ4n) is 2.44. The van der Waals surface area contributed by atoms with Gasteiger partial charge in [0.2, 0.25) is 0 Å². The Morgan fingerprint density at radius 2 is 1.80 bits per heavy atom. The molecule has 1 aromatic rings. The van der Waals surface area contributed by atoms with Crippen LogP contribution in [0, 0.1) is 0 Å². The van der Waals surface area contributed by atoms with Gasteiger partial charge in [0, 0.05) is 28.9 Å². The number of nitrogens with zero attached hydrogens (tertiary/aromatic N) is 2. The summed E-state index contributed by atoms with van der Waals surface area (Å²) in [5.74, 6) is 0. The molecule has 2 nitrogen and oxygen atoms in total. The maximum absolute atomic E-state index is 6.04. The summed E-state index contributed by atoms with van der Waals surface area (Å²) in [6.45, 7) is 12.3. The minimum atomic E-state index is 0.723. The summed E-state index contributed by atoms with van der Waals surface area (Å²) in [5.41, 5.74) is 6.23. The molecule has 0 aliphatic carbocycles. The number of halogens is 1. The fourth-order valence-corrected chi connectivity index (χ4v) is 2.57. The summed E-state index contributed by atoms with van der Waals surface area (Å²) in [5, 5.41) is 0.723. The number of hydrogen-bond acceptors (Lipinski definition) is 2. The van der Waals surface area contributed by atoms with Gasteiger partial charge in [-0.3, -0.25) is 9.98 Å². The van der Waals surface area contributed by atoms with Crippen molar-refractivity contribution in [1.82, 2.24) is 0 Å². The molecule has 0 saturated heterocycles. The van der Waals surface area contributed by atoms with Crippen LogP contribution in [-0.2, 0) is 0 Å². The predicted octanol–water partition coefficient (Wildman–Crippen LogP) is 6.93. The van der Waals surface area contributed by atoms with Gasteiger partial charge >= 0.3 is 0 Å². The van der Waals surface area contributed by atoms with E-state index in [1.807, 2.05) is 44.3 Å².